The lowest BCUT2D eigenvalue weighted by Crippen LogP contribution is -2.48. The molecule has 2 heterocycles. The summed E-state index contributed by atoms with van der Waals surface area (Å²) in [6.45, 7) is 7.35. The molecular weight excluding hydrogens is 280 g/mol. The number of anilines is 1. The van der Waals surface area contributed by atoms with Gasteiger partial charge in [-0.25, -0.2) is 4.98 Å². The van der Waals surface area contributed by atoms with Crippen LogP contribution in [0.4, 0.5) is 5.95 Å². The van der Waals surface area contributed by atoms with E-state index in [1.54, 1.807) is 6.20 Å². The second-order valence-corrected chi connectivity index (χ2v) is 5.25. The van der Waals surface area contributed by atoms with Crippen molar-refractivity contribution in [1.82, 2.24) is 14.9 Å². The Hall–Kier alpha value is -1.11. The molecule has 114 valence electrons. The number of carbonyl (C=O) groups is 1. The van der Waals surface area contributed by atoms with Crippen molar-refractivity contribution in [1.29, 1.82) is 0 Å². The number of nitrogens with one attached hydrogen (secondary N) is 2. The van der Waals surface area contributed by atoms with Gasteiger partial charge in [0.05, 0.1) is 19.1 Å². The van der Waals surface area contributed by atoms with Gasteiger partial charge in [0.15, 0.2) is 0 Å². The van der Waals surface area contributed by atoms with Crippen LogP contribution in [0, 0.1) is 5.92 Å². The summed E-state index contributed by atoms with van der Waals surface area (Å²) in [6, 6.07) is 0. The number of halogens is 1. The van der Waals surface area contributed by atoms with Crippen LogP contribution in [-0.4, -0.2) is 41.3 Å². The zero-order chi connectivity index (χ0) is 13.7. The molecule has 20 heavy (non-hydrogen) atoms. The van der Waals surface area contributed by atoms with Gasteiger partial charge in [-0.05, 0) is 5.92 Å². The summed E-state index contributed by atoms with van der Waals surface area (Å²) < 4.78 is 7.47. The summed E-state index contributed by atoms with van der Waals surface area (Å²) in [5, 5.41) is 5.95. The summed E-state index contributed by atoms with van der Waals surface area (Å²) in [4.78, 5) is 15.9. The minimum absolute atomic E-state index is 0. The minimum atomic E-state index is -0.0523. The van der Waals surface area contributed by atoms with E-state index in [9.17, 15) is 4.79 Å². The quantitative estimate of drug-likeness (QED) is 0.796. The van der Waals surface area contributed by atoms with E-state index < -0.39 is 0 Å². The van der Waals surface area contributed by atoms with E-state index in [1.165, 1.54) is 0 Å². The molecule has 0 spiro atoms. The van der Waals surface area contributed by atoms with Crippen LogP contribution in [0.1, 0.15) is 20.3 Å². The zero-order valence-corrected chi connectivity index (χ0v) is 12.8. The number of amides is 1. The maximum absolute atomic E-state index is 11.8. The van der Waals surface area contributed by atoms with Crippen molar-refractivity contribution in [2.45, 2.75) is 32.9 Å². The first-order chi connectivity index (χ1) is 9.15. The number of imidazole rings is 1. The SMILES string of the molecule is CC(C)Cn1ccnc1NC(=O)CCOC1CNC1.Cl. The Kier molecular flexibility index (Phi) is 6.98. The summed E-state index contributed by atoms with van der Waals surface area (Å²) >= 11 is 0. The lowest BCUT2D eigenvalue weighted by Gasteiger charge is -2.26. The third-order valence-corrected chi connectivity index (χ3v) is 2.96. The van der Waals surface area contributed by atoms with Gasteiger partial charge in [-0.3, -0.25) is 10.1 Å². The van der Waals surface area contributed by atoms with E-state index in [0.29, 0.717) is 24.9 Å². The van der Waals surface area contributed by atoms with Crippen molar-refractivity contribution in [3.8, 4) is 0 Å². The van der Waals surface area contributed by atoms with Crippen molar-refractivity contribution in [2.24, 2.45) is 5.92 Å². The number of ether oxygens (including phenoxy) is 1. The minimum Gasteiger partial charge on any atom is -0.375 e. The standard InChI is InChI=1S/C13H22N4O2.ClH/c1-10(2)9-17-5-4-15-13(17)16-12(18)3-6-19-11-7-14-8-11;/h4-5,10-11,14H,3,6-9H2,1-2H3,(H,15,16,18);1H. The number of aromatic nitrogens is 2. The van der Waals surface area contributed by atoms with Gasteiger partial charge in [-0.1, -0.05) is 13.8 Å². The monoisotopic (exact) mass is 302 g/mol. The lowest BCUT2D eigenvalue weighted by atomic mass is 10.2. The van der Waals surface area contributed by atoms with Gasteiger partial charge in [0.2, 0.25) is 11.9 Å². The van der Waals surface area contributed by atoms with Gasteiger partial charge in [-0.2, -0.15) is 0 Å². The van der Waals surface area contributed by atoms with Crippen molar-refractivity contribution >= 4 is 24.3 Å². The van der Waals surface area contributed by atoms with Gasteiger partial charge in [0.25, 0.3) is 0 Å². The molecule has 1 aliphatic rings. The fourth-order valence-electron chi connectivity index (χ4n) is 1.86. The van der Waals surface area contributed by atoms with E-state index in [2.05, 4.69) is 29.5 Å². The highest BCUT2D eigenvalue weighted by atomic mass is 35.5. The van der Waals surface area contributed by atoms with Crippen LogP contribution in [0.5, 0.6) is 0 Å². The summed E-state index contributed by atoms with van der Waals surface area (Å²) in [6.07, 6.45) is 4.22. The Bertz CT molecular complexity index is 418. The predicted molar refractivity (Wildman–Crippen MR) is 80.2 cm³/mol. The predicted octanol–water partition coefficient (Wildman–Crippen LogP) is 1.28. The van der Waals surface area contributed by atoms with E-state index in [4.69, 9.17) is 4.74 Å². The molecular formula is C13H23ClN4O2. The van der Waals surface area contributed by atoms with Crippen molar-refractivity contribution in [3.63, 3.8) is 0 Å². The van der Waals surface area contributed by atoms with Crippen molar-refractivity contribution in [2.75, 3.05) is 25.0 Å². The van der Waals surface area contributed by atoms with Crippen LogP contribution in [-0.2, 0) is 16.1 Å². The molecule has 1 aliphatic heterocycles. The van der Waals surface area contributed by atoms with E-state index in [0.717, 1.165) is 19.6 Å². The normalized spacial score (nSPS) is 14.8. The Balaban J connectivity index is 0.00000200. The Morgan fingerprint density at radius 2 is 2.35 bits per heavy atom. The molecule has 2 N–H and O–H groups in total. The fraction of sp³-hybridized carbons (Fsp3) is 0.692. The second kappa shape index (κ2) is 8.24. The maximum Gasteiger partial charge on any atom is 0.229 e. The molecule has 1 amide bonds. The molecule has 1 aromatic rings. The highest BCUT2D eigenvalue weighted by molar-refractivity contribution is 5.89. The summed E-state index contributed by atoms with van der Waals surface area (Å²) in [7, 11) is 0. The zero-order valence-electron chi connectivity index (χ0n) is 12.0. The number of nitrogens with zero attached hydrogens (tertiary/aromatic N) is 2. The topological polar surface area (TPSA) is 68.2 Å². The Morgan fingerprint density at radius 1 is 1.60 bits per heavy atom. The van der Waals surface area contributed by atoms with E-state index >= 15 is 0 Å². The summed E-state index contributed by atoms with van der Waals surface area (Å²) in [5.41, 5.74) is 0. The highest BCUT2D eigenvalue weighted by Crippen LogP contribution is 2.08. The average Bonchev–Trinajstić information content (AvgIpc) is 2.68. The number of carbonyl (C=O) groups excluding carboxylic acids is 1. The number of hydrogen-bond acceptors (Lipinski definition) is 4. The molecule has 0 aromatic carbocycles. The van der Waals surface area contributed by atoms with Gasteiger partial charge >= 0.3 is 0 Å². The third-order valence-electron chi connectivity index (χ3n) is 2.96. The average molecular weight is 303 g/mol. The number of rotatable bonds is 7. The van der Waals surface area contributed by atoms with Crippen molar-refractivity contribution < 1.29 is 9.53 Å². The van der Waals surface area contributed by atoms with Crippen LogP contribution in [0.15, 0.2) is 12.4 Å². The molecule has 1 fully saturated rings. The van der Waals surface area contributed by atoms with E-state index in [-0.39, 0.29) is 24.4 Å². The van der Waals surface area contributed by atoms with Gasteiger partial charge in [0, 0.05) is 32.0 Å². The highest BCUT2D eigenvalue weighted by Gasteiger charge is 2.17. The molecule has 7 heteroatoms. The fourth-order valence-corrected chi connectivity index (χ4v) is 1.86. The van der Waals surface area contributed by atoms with Gasteiger partial charge in [-0.15, -0.1) is 12.4 Å². The Labute approximate surface area is 125 Å². The first kappa shape index (κ1) is 16.9. The molecule has 0 bridgehead atoms. The van der Waals surface area contributed by atoms with Crippen LogP contribution < -0.4 is 10.6 Å². The van der Waals surface area contributed by atoms with E-state index in [1.807, 2.05) is 10.8 Å². The van der Waals surface area contributed by atoms with Crippen LogP contribution in [0.2, 0.25) is 0 Å². The number of hydrogen-bond donors (Lipinski definition) is 2. The van der Waals surface area contributed by atoms with Crippen LogP contribution >= 0.6 is 12.4 Å². The van der Waals surface area contributed by atoms with Gasteiger partial charge in [0.1, 0.15) is 0 Å². The molecule has 0 unspecified atom stereocenters. The lowest BCUT2D eigenvalue weighted by molar-refractivity contribution is -0.118. The summed E-state index contributed by atoms with van der Waals surface area (Å²) in [5.74, 6) is 1.08. The van der Waals surface area contributed by atoms with Gasteiger partial charge < -0.3 is 14.6 Å². The second-order valence-electron chi connectivity index (χ2n) is 5.25. The molecule has 0 aliphatic carbocycles. The first-order valence-corrected chi connectivity index (χ1v) is 6.78. The molecule has 0 atom stereocenters. The molecule has 1 saturated heterocycles. The Morgan fingerprint density at radius 3 is 2.95 bits per heavy atom. The third kappa shape index (κ3) is 5.11. The molecule has 1 aromatic heterocycles. The van der Waals surface area contributed by atoms with Crippen molar-refractivity contribution in [3.05, 3.63) is 12.4 Å². The smallest absolute Gasteiger partial charge is 0.229 e. The molecule has 0 saturated carbocycles. The molecule has 6 nitrogen and oxygen atoms in total. The van der Waals surface area contributed by atoms with Crippen LogP contribution in [0.3, 0.4) is 0 Å². The van der Waals surface area contributed by atoms with Crippen LogP contribution in [0.25, 0.3) is 0 Å². The first-order valence-electron chi connectivity index (χ1n) is 6.78. The largest absolute Gasteiger partial charge is 0.375 e. The molecule has 2 rings (SSSR count). The molecule has 0 radical (unpaired) electrons. The maximum atomic E-state index is 11.8.